The quantitative estimate of drug-likeness (QED) is 0.475. The molecule has 84 valence electrons. The fraction of sp³-hybridized carbons (Fsp3) is 0.857. The van der Waals surface area contributed by atoms with E-state index in [0.29, 0.717) is 5.41 Å². The van der Waals surface area contributed by atoms with Crippen molar-refractivity contribution in [1.29, 1.82) is 0 Å². The Kier molecular flexibility index (Phi) is 5.48. The van der Waals surface area contributed by atoms with E-state index in [1.165, 1.54) is 24.8 Å². The molecule has 0 aromatic heterocycles. The minimum atomic E-state index is 0.552. The molecular formula is C14H28. The normalized spacial score (nSPS) is 26.7. The summed E-state index contributed by atoms with van der Waals surface area (Å²) in [5, 5.41) is 0. The molecule has 2 atom stereocenters. The minimum Gasteiger partial charge on any atom is -0.100 e. The third-order valence-corrected chi connectivity index (χ3v) is 2.97. The number of allylic oxidation sites excluding steroid dienone is 1. The molecule has 1 saturated carbocycles. The second-order valence-electron chi connectivity index (χ2n) is 6.09. The summed E-state index contributed by atoms with van der Waals surface area (Å²) >= 11 is 0. The highest BCUT2D eigenvalue weighted by Gasteiger charge is 2.32. The number of hydrogen-bond acceptors (Lipinski definition) is 0. The van der Waals surface area contributed by atoms with E-state index in [4.69, 9.17) is 0 Å². The maximum atomic E-state index is 3.56. The summed E-state index contributed by atoms with van der Waals surface area (Å²) in [5.41, 5.74) is 1.72. The first-order valence-electron chi connectivity index (χ1n) is 5.87. The average Bonchev–Trinajstić information content (AvgIpc) is 2.31. The van der Waals surface area contributed by atoms with Gasteiger partial charge >= 0.3 is 0 Å². The lowest BCUT2D eigenvalue weighted by Crippen LogP contribution is -2.22. The highest BCUT2D eigenvalue weighted by Crippen LogP contribution is 2.42. The molecule has 0 nitrogen and oxygen atoms in total. The zero-order valence-electron chi connectivity index (χ0n) is 11.0. The van der Waals surface area contributed by atoms with Crippen LogP contribution in [0.4, 0.5) is 0 Å². The topological polar surface area (TPSA) is 0 Å². The second kappa shape index (κ2) is 5.58. The van der Waals surface area contributed by atoms with E-state index in [-0.39, 0.29) is 0 Å². The second-order valence-corrected chi connectivity index (χ2v) is 6.09. The van der Waals surface area contributed by atoms with Gasteiger partial charge in [0.05, 0.1) is 0 Å². The van der Waals surface area contributed by atoms with Gasteiger partial charge < -0.3 is 0 Å². The lowest BCUT2D eigenvalue weighted by molar-refractivity contribution is 0.196. The summed E-state index contributed by atoms with van der Waals surface area (Å²) < 4.78 is 0. The van der Waals surface area contributed by atoms with Crippen LogP contribution in [-0.2, 0) is 0 Å². The van der Waals surface area contributed by atoms with Crippen molar-refractivity contribution in [2.45, 2.75) is 60.8 Å². The molecule has 0 N–H and O–H groups in total. The van der Waals surface area contributed by atoms with E-state index in [2.05, 4.69) is 34.3 Å². The van der Waals surface area contributed by atoms with E-state index in [0.717, 1.165) is 11.8 Å². The Labute approximate surface area is 90.8 Å². The lowest BCUT2D eigenvalue weighted by atomic mass is 9.75. The maximum Gasteiger partial charge on any atom is -0.0340 e. The molecule has 0 aromatic carbocycles. The van der Waals surface area contributed by atoms with Crippen molar-refractivity contribution in [3.8, 4) is 0 Å². The van der Waals surface area contributed by atoms with Crippen LogP contribution in [0.15, 0.2) is 12.2 Å². The highest BCUT2D eigenvalue weighted by molar-refractivity contribution is 4.83. The molecule has 0 bridgehead atoms. The van der Waals surface area contributed by atoms with Crippen LogP contribution < -0.4 is 0 Å². The zero-order valence-corrected chi connectivity index (χ0v) is 11.0. The van der Waals surface area contributed by atoms with Crippen molar-refractivity contribution >= 4 is 0 Å². The Bertz CT molecular complexity index is 167. The molecule has 0 radical (unpaired) electrons. The fourth-order valence-corrected chi connectivity index (χ4v) is 2.43. The van der Waals surface area contributed by atoms with Gasteiger partial charge in [-0.25, -0.2) is 0 Å². The molecule has 0 heterocycles. The third kappa shape index (κ3) is 5.47. The van der Waals surface area contributed by atoms with Gasteiger partial charge in [-0.05, 0) is 37.5 Å². The van der Waals surface area contributed by atoms with E-state index in [9.17, 15) is 0 Å². The van der Waals surface area contributed by atoms with Crippen LogP contribution in [-0.4, -0.2) is 0 Å². The molecule has 1 rings (SSSR count). The standard InChI is InChI=1S/C10H20.C4H8/c1-8-6-5-7-9(8)10(2,3)4;1-4(2)3/h8-9H,5-7H2,1-4H3;1H2,2-3H3. The van der Waals surface area contributed by atoms with Crippen LogP contribution in [0.25, 0.3) is 0 Å². The Morgan fingerprint density at radius 1 is 1.14 bits per heavy atom. The lowest BCUT2D eigenvalue weighted by Gasteiger charge is -2.30. The average molecular weight is 196 g/mol. The van der Waals surface area contributed by atoms with Gasteiger partial charge in [0.15, 0.2) is 0 Å². The molecule has 2 unspecified atom stereocenters. The largest absolute Gasteiger partial charge is 0.100 e. The van der Waals surface area contributed by atoms with Crippen LogP contribution in [0.1, 0.15) is 60.8 Å². The highest BCUT2D eigenvalue weighted by atomic mass is 14.4. The van der Waals surface area contributed by atoms with Crippen molar-refractivity contribution in [3.63, 3.8) is 0 Å². The van der Waals surface area contributed by atoms with Crippen LogP contribution in [0.3, 0.4) is 0 Å². The van der Waals surface area contributed by atoms with E-state index in [1.807, 2.05) is 13.8 Å². The molecule has 0 spiro atoms. The third-order valence-electron chi connectivity index (χ3n) is 2.97. The van der Waals surface area contributed by atoms with Gasteiger partial charge in [0.1, 0.15) is 0 Å². The van der Waals surface area contributed by atoms with Crippen molar-refractivity contribution in [3.05, 3.63) is 12.2 Å². The minimum absolute atomic E-state index is 0.552. The first kappa shape index (κ1) is 13.7. The Morgan fingerprint density at radius 2 is 1.57 bits per heavy atom. The molecule has 1 fully saturated rings. The molecular weight excluding hydrogens is 168 g/mol. The Hall–Kier alpha value is -0.260. The van der Waals surface area contributed by atoms with Crippen LogP contribution in [0.5, 0.6) is 0 Å². The van der Waals surface area contributed by atoms with Crippen LogP contribution in [0.2, 0.25) is 0 Å². The van der Waals surface area contributed by atoms with E-state index >= 15 is 0 Å². The van der Waals surface area contributed by atoms with E-state index < -0.39 is 0 Å². The van der Waals surface area contributed by atoms with Crippen molar-refractivity contribution in [2.24, 2.45) is 17.3 Å². The molecule has 0 heteroatoms. The van der Waals surface area contributed by atoms with Gasteiger partial charge in [-0.15, -0.1) is 6.58 Å². The van der Waals surface area contributed by atoms with Crippen molar-refractivity contribution in [2.75, 3.05) is 0 Å². The fourth-order valence-electron chi connectivity index (χ4n) is 2.43. The van der Waals surface area contributed by atoms with Crippen LogP contribution in [0, 0.1) is 17.3 Å². The first-order valence-corrected chi connectivity index (χ1v) is 5.87. The monoisotopic (exact) mass is 196 g/mol. The van der Waals surface area contributed by atoms with Gasteiger partial charge in [-0.1, -0.05) is 46.1 Å². The number of hydrogen-bond donors (Lipinski definition) is 0. The van der Waals surface area contributed by atoms with Gasteiger partial charge in [-0.2, -0.15) is 0 Å². The molecule has 1 aliphatic carbocycles. The first-order chi connectivity index (χ1) is 6.25. The number of rotatable bonds is 0. The van der Waals surface area contributed by atoms with E-state index in [1.54, 1.807) is 0 Å². The summed E-state index contributed by atoms with van der Waals surface area (Å²) in [5.74, 6) is 1.95. The van der Waals surface area contributed by atoms with Gasteiger partial charge in [0.25, 0.3) is 0 Å². The molecule has 1 aliphatic rings. The van der Waals surface area contributed by atoms with Gasteiger partial charge in [-0.3, -0.25) is 0 Å². The van der Waals surface area contributed by atoms with Gasteiger partial charge in [0, 0.05) is 0 Å². The summed E-state index contributed by atoms with van der Waals surface area (Å²) in [6, 6.07) is 0. The predicted molar refractivity (Wildman–Crippen MR) is 66.4 cm³/mol. The molecule has 14 heavy (non-hydrogen) atoms. The molecule has 0 saturated heterocycles. The summed E-state index contributed by atoms with van der Waals surface area (Å²) in [6.45, 7) is 17.0. The molecule has 0 aromatic rings. The zero-order chi connectivity index (χ0) is 11.4. The molecule has 0 amide bonds. The summed E-state index contributed by atoms with van der Waals surface area (Å²) in [7, 11) is 0. The summed E-state index contributed by atoms with van der Waals surface area (Å²) in [4.78, 5) is 0. The summed E-state index contributed by atoms with van der Waals surface area (Å²) in [6.07, 6.45) is 4.38. The Morgan fingerprint density at radius 3 is 1.71 bits per heavy atom. The SMILES string of the molecule is C=C(C)C.CC1CCCC1C(C)(C)C. The van der Waals surface area contributed by atoms with Crippen LogP contribution >= 0.6 is 0 Å². The van der Waals surface area contributed by atoms with Gasteiger partial charge in [0.2, 0.25) is 0 Å². The smallest absolute Gasteiger partial charge is 0.0340 e. The molecule has 0 aliphatic heterocycles. The van der Waals surface area contributed by atoms with Crippen molar-refractivity contribution in [1.82, 2.24) is 0 Å². The maximum absolute atomic E-state index is 3.56. The van der Waals surface area contributed by atoms with Crippen molar-refractivity contribution < 1.29 is 0 Å². The predicted octanol–water partition coefficient (Wildman–Crippen LogP) is 5.05. The Balaban J connectivity index is 0.000000364.